The minimum absolute atomic E-state index is 0.0673. The maximum atomic E-state index is 13.0. The number of fused-ring (bicyclic) bond motifs is 4. The molecule has 0 amide bonds. The van der Waals surface area contributed by atoms with Gasteiger partial charge in [0.1, 0.15) is 5.78 Å². The van der Waals surface area contributed by atoms with Gasteiger partial charge in [0.05, 0.1) is 5.60 Å². The van der Waals surface area contributed by atoms with Crippen molar-refractivity contribution < 1.29 is 9.90 Å². The summed E-state index contributed by atoms with van der Waals surface area (Å²) >= 11 is 0. The Morgan fingerprint density at radius 2 is 1.91 bits per heavy atom. The highest BCUT2D eigenvalue weighted by Gasteiger charge is 2.69. The highest BCUT2D eigenvalue weighted by molar-refractivity contribution is 5.85. The fourth-order valence-corrected chi connectivity index (χ4v) is 6.15. The van der Waals surface area contributed by atoms with Gasteiger partial charge in [-0.2, -0.15) is 0 Å². The van der Waals surface area contributed by atoms with Crippen molar-refractivity contribution in [1.82, 2.24) is 0 Å². The SMILES string of the molecule is C/C1=C/CC[C@](C)(O)[C@H]2[C@@H]3[C@@H](C(C)C)CC[C@]3(C)[C@@H]2C(=O)C1. The van der Waals surface area contributed by atoms with Gasteiger partial charge in [-0.15, -0.1) is 0 Å². The van der Waals surface area contributed by atoms with E-state index in [1.807, 2.05) is 6.92 Å². The largest absolute Gasteiger partial charge is 0.390 e. The summed E-state index contributed by atoms with van der Waals surface area (Å²) in [4.78, 5) is 13.0. The summed E-state index contributed by atoms with van der Waals surface area (Å²) in [6.07, 6.45) is 6.82. The Morgan fingerprint density at radius 3 is 2.55 bits per heavy atom. The number of hydrogen-bond donors (Lipinski definition) is 1. The van der Waals surface area contributed by atoms with Crippen LogP contribution in [-0.4, -0.2) is 16.5 Å². The van der Waals surface area contributed by atoms with Crippen LogP contribution in [-0.2, 0) is 4.79 Å². The minimum Gasteiger partial charge on any atom is -0.390 e. The summed E-state index contributed by atoms with van der Waals surface area (Å²) in [6.45, 7) is 11.0. The maximum Gasteiger partial charge on any atom is 0.140 e. The highest BCUT2D eigenvalue weighted by Crippen LogP contribution is 2.70. The Kier molecular flexibility index (Phi) is 3.83. The van der Waals surface area contributed by atoms with Gasteiger partial charge in [0.2, 0.25) is 0 Å². The summed E-state index contributed by atoms with van der Waals surface area (Å²) in [5, 5.41) is 11.2. The van der Waals surface area contributed by atoms with E-state index in [-0.39, 0.29) is 17.3 Å². The lowest BCUT2D eigenvalue weighted by atomic mass is 9.42. The molecule has 0 unspecified atom stereocenters. The zero-order valence-corrected chi connectivity index (χ0v) is 14.9. The first kappa shape index (κ1) is 16.2. The minimum atomic E-state index is -0.705. The van der Waals surface area contributed by atoms with Crippen LogP contribution in [0.5, 0.6) is 0 Å². The van der Waals surface area contributed by atoms with Crippen LogP contribution in [0.2, 0.25) is 0 Å². The van der Waals surface area contributed by atoms with Crippen molar-refractivity contribution in [3.05, 3.63) is 11.6 Å². The third-order valence-corrected chi connectivity index (χ3v) is 7.21. The fourth-order valence-electron chi connectivity index (χ4n) is 6.15. The second kappa shape index (κ2) is 5.19. The molecule has 3 aliphatic rings. The molecule has 2 fully saturated rings. The van der Waals surface area contributed by atoms with Gasteiger partial charge in [0.25, 0.3) is 0 Å². The summed E-state index contributed by atoms with van der Waals surface area (Å²) in [5.74, 6) is 2.45. The van der Waals surface area contributed by atoms with Crippen molar-refractivity contribution in [3.63, 3.8) is 0 Å². The van der Waals surface area contributed by atoms with E-state index in [1.165, 1.54) is 12.0 Å². The van der Waals surface area contributed by atoms with Gasteiger partial charge in [0.15, 0.2) is 0 Å². The van der Waals surface area contributed by atoms with Crippen LogP contribution in [0.3, 0.4) is 0 Å². The lowest BCUT2D eigenvalue weighted by Gasteiger charge is -2.62. The van der Waals surface area contributed by atoms with E-state index < -0.39 is 5.60 Å². The zero-order valence-electron chi connectivity index (χ0n) is 14.9. The molecule has 0 aromatic carbocycles. The van der Waals surface area contributed by atoms with Crippen LogP contribution in [0.4, 0.5) is 0 Å². The van der Waals surface area contributed by atoms with Gasteiger partial charge < -0.3 is 5.11 Å². The average Bonchev–Trinajstić information content (AvgIpc) is 2.65. The molecule has 22 heavy (non-hydrogen) atoms. The molecule has 0 bridgehead atoms. The number of allylic oxidation sites excluding steroid dienone is 2. The topological polar surface area (TPSA) is 37.3 Å². The van der Waals surface area contributed by atoms with E-state index in [9.17, 15) is 9.90 Å². The summed E-state index contributed by atoms with van der Waals surface area (Å²) in [6, 6.07) is 0. The van der Waals surface area contributed by atoms with Gasteiger partial charge in [-0.3, -0.25) is 4.79 Å². The number of Topliss-reactive ketones (excluding diaryl/α,β-unsaturated/α-hetero) is 1. The second-order valence-corrected chi connectivity index (χ2v) is 9.07. The van der Waals surface area contributed by atoms with E-state index >= 15 is 0 Å². The summed E-state index contributed by atoms with van der Waals surface area (Å²) in [7, 11) is 0. The van der Waals surface area contributed by atoms with E-state index in [4.69, 9.17) is 0 Å². The van der Waals surface area contributed by atoms with Gasteiger partial charge in [-0.05, 0) is 62.7 Å². The molecule has 0 radical (unpaired) electrons. The van der Waals surface area contributed by atoms with Crippen LogP contribution in [0.15, 0.2) is 11.6 Å². The molecule has 1 N–H and O–H groups in total. The van der Waals surface area contributed by atoms with Crippen molar-refractivity contribution in [2.75, 3.05) is 0 Å². The van der Waals surface area contributed by atoms with Gasteiger partial charge >= 0.3 is 0 Å². The molecule has 0 aromatic rings. The Bertz CT molecular complexity index is 502. The van der Waals surface area contributed by atoms with Gasteiger partial charge in [0, 0.05) is 18.3 Å². The molecule has 124 valence electrons. The smallest absolute Gasteiger partial charge is 0.140 e. The van der Waals surface area contributed by atoms with E-state index in [0.29, 0.717) is 30.0 Å². The number of rotatable bonds is 1. The predicted molar refractivity (Wildman–Crippen MR) is 89.4 cm³/mol. The predicted octanol–water partition coefficient (Wildman–Crippen LogP) is 4.37. The molecule has 2 heteroatoms. The van der Waals surface area contributed by atoms with Crippen molar-refractivity contribution in [3.8, 4) is 0 Å². The quantitative estimate of drug-likeness (QED) is 0.730. The maximum absolute atomic E-state index is 13.0. The van der Waals surface area contributed by atoms with Gasteiger partial charge in [-0.1, -0.05) is 32.4 Å². The molecule has 0 aliphatic heterocycles. The molecule has 0 spiro atoms. The Balaban J connectivity index is 2.00. The van der Waals surface area contributed by atoms with Crippen LogP contribution in [0.1, 0.15) is 66.7 Å². The van der Waals surface area contributed by atoms with Crippen LogP contribution in [0.25, 0.3) is 0 Å². The molecule has 0 heterocycles. The standard InChI is InChI=1S/C20H32O2/c1-12(2)14-8-10-19(4)16(14)18-17(19)15(21)11-13(3)7-6-9-20(18,5)22/h7,12,14,16-18,22H,6,8-11H2,1-5H3/b13-7-/t14-,16+,17-,18+,19+,20+/m1/s1. The average molecular weight is 304 g/mol. The Labute approximate surface area is 135 Å². The fraction of sp³-hybridized carbons (Fsp3) is 0.850. The number of carbonyl (C=O) groups is 1. The third-order valence-electron chi connectivity index (χ3n) is 7.21. The summed E-state index contributed by atoms with van der Waals surface area (Å²) < 4.78 is 0. The molecule has 2 saturated carbocycles. The lowest BCUT2D eigenvalue weighted by molar-refractivity contribution is -0.202. The first-order valence-corrected chi connectivity index (χ1v) is 9.09. The molecule has 3 aliphatic carbocycles. The molecule has 2 nitrogen and oxygen atoms in total. The van der Waals surface area contributed by atoms with Crippen LogP contribution < -0.4 is 0 Å². The number of aliphatic hydroxyl groups is 1. The van der Waals surface area contributed by atoms with E-state index in [0.717, 1.165) is 19.3 Å². The molecule has 0 aromatic heterocycles. The van der Waals surface area contributed by atoms with Crippen molar-refractivity contribution >= 4 is 5.78 Å². The molecule has 6 atom stereocenters. The first-order valence-electron chi connectivity index (χ1n) is 9.09. The van der Waals surface area contributed by atoms with Crippen LogP contribution >= 0.6 is 0 Å². The van der Waals surface area contributed by atoms with E-state index in [1.54, 1.807) is 0 Å². The monoisotopic (exact) mass is 304 g/mol. The normalized spacial score (nSPS) is 51.0. The Hall–Kier alpha value is -0.630. The van der Waals surface area contributed by atoms with Crippen molar-refractivity contribution in [2.45, 2.75) is 72.3 Å². The Morgan fingerprint density at radius 1 is 1.23 bits per heavy atom. The van der Waals surface area contributed by atoms with Crippen LogP contribution in [0, 0.1) is 35.0 Å². The number of ketones is 1. The molecule has 0 saturated heterocycles. The summed E-state index contributed by atoms with van der Waals surface area (Å²) in [5.41, 5.74) is 0.612. The number of carbonyl (C=O) groups excluding carboxylic acids is 1. The lowest BCUT2D eigenvalue weighted by Crippen LogP contribution is -2.64. The van der Waals surface area contributed by atoms with Gasteiger partial charge in [-0.25, -0.2) is 0 Å². The molecular formula is C20H32O2. The zero-order chi connectivity index (χ0) is 16.3. The van der Waals surface area contributed by atoms with Crippen molar-refractivity contribution in [1.29, 1.82) is 0 Å². The number of hydrogen-bond acceptors (Lipinski definition) is 2. The first-order chi connectivity index (χ1) is 10.2. The second-order valence-electron chi connectivity index (χ2n) is 9.07. The molecular weight excluding hydrogens is 272 g/mol. The van der Waals surface area contributed by atoms with Crippen molar-refractivity contribution in [2.24, 2.45) is 35.0 Å². The van der Waals surface area contributed by atoms with E-state index in [2.05, 4.69) is 33.8 Å². The molecule has 3 rings (SSSR count). The third kappa shape index (κ3) is 2.21. The highest BCUT2D eigenvalue weighted by atomic mass is 16.3.